The molecule has 2 rings (SSSR count). The van der Waals surface area contributed by atoms with Crippen molar-refractivity contribution in [2.75, 3.05) is 0 Å². The van der Waals surface area contributed by atoms with Gasteiger partial charge in [0.05, 0.1) is 0 Å². The molecule has 3 heteroatoms. The Morgan fingerprint density at radius 1 is 1.06 bits per heavy atom. The Kier molecular flexibility index (Phi) is 3.18. The number of benzene rings is 2. The highest BCUT2D eigenvalue weighted by molar-refractivity contribution is 6.31. The lowest BCUT2D eigenvalue weighted by Gasteiger charge is -2.25. The number of aliphatic hydroxyl groups is 1. The van der Waals surface area contributed by atoms with E-state index < -0.39 is 5.60 Å². The van der Waals surface area contributed by atoms with E-state index in [-0.39, 0.29) is 5.82 Å². The molecule has 1 unspecified atom stereocenters. The first-order valence-electron chi connectivity index (χ1n) is 5.25. The van der Waals surface area contributed by atoms with Crippen molar-refractivity contribution in [3.8, 4) is 0 Å². The minimum Gasteiger partial charge on any atom is -0.381 e. The lowest BCUT2D eigenvalue weighted by molar-refractivity contribution is 0.102. The largest absolute Gasteiger partial charge is 0.381 e. The maximum Gasteiger partial charge on any atom is 0.123 e. The fourth-order valence-corrected chi connectivity index (χ4v) is 2.11. The van der Waals surface area contributed by atoms with Gasteiger partial charge < -0.3 is 5.11 Å². The van der Waals surface area contributed by atoms with Crippen LogP contribution in [0.3, 0.4) is 0 Å². The number of hydrogen-bond acceptors (Lipinski definition) is 1. The van der Waals surface area contributed by atoms with Crippen LogP contribution in [0.2, 0.25) is 5.02 Å². The third kappa shape index (κ3) is 2.33. The zero-order valence-corrected chi connectivity index (χ0v) is 10.1. The molecule has 0 bridgehead atoms. The quantitative estimate of drug-likeness (QED) is 0.861. The molecule has 0 amide bonds. The zero-order chi connectivity index (χ0) is 12.5. The molecule has 0 spiro atoms. The number of halogens is 2. The third-order valence-electron chi connectivity index (χ3n) is 2.80. The summed E-state index contributed by atoms with van der Waals surface area (Å²) in [5.74, 6) is -0.330. The Bertz CT molecular complexity index is 520. The summed E-state index contributed by atoms with van der Waals surface area (Å²) in [6.07, 6.45) is 0. The van der Waals surface area contributed by atoms with Crippen molar-refractivity contribution >= 4 is 11.6 Å². The summed E-state index contributed by atoms with van der Waals surface area (Å²) >= 11 is 6.06. The second-order valence-electron chi connectivity index (χ2n) is 4.06. The van der Waals surface area contributed by atoms with Gasteiger partial charge in [0.2, 0.25) is 0 Å². The summed E-state index contributed by atoms with van der Waals surface area (Å²) in [5.41, 5.74) is -0.0215. The van der Waals surface area contributed by atoms with Crippen LogP contribution < -0.4 is 0 Å². The molecule has 0 radical (unpaired) electrons. The number of rotatable bonds is 2. The molecule has 0 saturated carbocycles. The number of hydrogen-bond donors (Lipinski definition) is 1. The smallest absolute Gasteiger partial charge is 0.123 e. The predicted molar refractivity (Wildman–Crippen MR) is 66.5 cm³/mol. The highest BCUT2D eigenvalue weighted by Gasteiger charge is 2.27. The minimum absolute atomic E-state index is 0.330. The first kappa shape index (κ1) is 12.1. The lowest BCUT2D eigenvalue weighted by Crippen LogP contribution is -2.23. The van der Waals surface area contributed by atoms with Gasteiger partial charge in [0.15, 0.2) is 0 Å². The minimum atomic E-state index is -1.23. The molecule has 17 heavy (non-hydrogen) atoms. The summed E-state index contributed by atoms with van der Waals surface area (Å²) in [6, 6.07) is 12.8. The first-order chi connectivity index (χ1) is 8.01. The molecule has 0 saturated heterocycles. The van der Waals surface area contributed by atoms with Crippen molar-refractivity contribution in [3.05, 3.63) is 70.5 Å². The standard InChI is InChI=1S/C14H12ClFO/c1-14(17,10-6-8-11(16)9-7-10)12-4-2-3-5-13(12)15/h2-9,17H,1H3. The molecule has 1 nitrogen and oxygen atoms in total. The van der Waals surface area contributed by atoms with E-state index in [1.165, 1.54) is 12.1 Å². The van der Waals surface area contributed by atoms with Crippen molar-refractivity contribution in [2.45, 2.75) is 12.5 Å². The van der Waals surface area contributed by atoms with Crippen molar-refractivity contribution in [2.24, 2.45) is 0 Å². The van der Waals surface area contributed by atoms with Crippen LogP contribution in [0.4, 0.5) is 4.39 Å². The normalized spacial score (nSPS) is 14.4. The molecule has 0 aliphatic heterocycles. The van der Waals surface area contributed by atoms with E-state index in [1.54, 1.807) is 43.3 Å². The topological polar surface area (TPSA) is 20.2 Å². The molecule has 0 aromatic heterocycles. The van der Waals surface area contributed by atoms with Crippen LogP contribution in [0.25, 0.3) is 0 Å². The predicted octanol–water partition coefficient (Wildman–Crippen LogP) is 3.73. The molecule has 0 aliphatic rings. The van der Waals surface area contributed by atoms with Gasteiger partial charge in [0.1, 0.15) is 11.4 Å². The van der Waals surface area contributed by atoms with Gasteiger partial charge in [-0.3, -0.25) is 0 Å². The van der Waals surface area contributed by atoms with E-state index >= 15 is 0 Å². The molecule has 0 aliphatic carbocycles. The monoisotopic (exact) mass is 250 g/mol. The van der Waals surface area contributed by atoms with Crippen LogP contribution >= 0.6 is 11.6 Å². The summed E-state index contributed by atoms with van der Waals surface area (Å²) in [5, 5.41) is 11.0. The van der Waals surface area contributed by atoms with Crippen LogP contribution in [0.1, 0.15) is 18.1 Å². The average molecular weight is 251 g/mol. The maximum atomic E-state index is 12.8. The fourth-order valence-electron chi connectivity index (χ4n) is 1.79. The maximum absolute atomic E-state index is 12.8. The van der Waals surface area contributed by atoms with E-state index in [2.05, 4.69) is 0 Å². The van der Waals surface area contributed by atoms with E-state index in [4.69, 9.17) is 11.6 Å². The van der Waals surface area contributed by atoms with Crippen molar-refractivity contribution in [1.82, 2.24) is 0 Å². The molecule has 0 fully saturated rings. The first-order valence-corrected chi connectivity index (χ1v) is 5.63. The van der Waals surface area contributed by atoms with Gasteiger partial charge in [-0.2, -0.15) is 0 Å². The van der Waals surface area contributed by atoms with Gasteiger partial charge >= 0.3 is 0 Å². The SMILES string of the molecule is CC(O)(c1ccc(F)cc1)c1ccccc1Cl. The van der Waals surface area contributed by atoms with Gasteiger partial charge in [-0.25, -0.2) is 4.39 Å². The summed E-state index contributed by atoms with van der Waals surface area (Å²) in [6.45, 7) is 1.64. The molecule has 2 aromatic carbocycles. The van der Waals surface area contributed by atoms with Gasteiger partial charge in [-0.1, -0.05) is 41.9 Å². The average Bonchev–Trinajstić information content (AvgIpc) is 2.30. The van der Waals surface area contributed by atoms with Gasteiger partial charge in [0, 0.05) is 10.6 Å². The molecular formula is C14H12ClFO. The van der Waals surface area contributed by atoms with Gasteiger partial charge in [0.25, 0.3) is 0 Å². The second-order valence-corrected chi connectivity index (χ2v) is 4.47. The fraction of sp³-hybridized carbons (Fsp3) is 0.143. The van der Waals surface area contributed by atoms with Crippen LogP contribution in [0, 0.1) is 5.82 Å². The zero-order valence-electron chi connectivity index (χ0n) is 9.32. The lowest BCUT2D eigenvalue weighted by atomic mass is 9.88. The van der Waals surface area contributed by atoms with E-state index in [1.807, 2.05) is 0 Å². The Morgan fingerprint density at radius 2 is 1.65 bits per heavy atom. The molecule has 2 aromatic rings. The van der Waals surface area contributed by atoms with Crippen LogP contribution in [-0.2, 0) is 5.60 Å². The molecule has 0 heterocycles. The van der Waals surface area contributed by atoms with Crippen LogP contribution in [-0.4, -0.2) is 5.11 Å². The highest BCUT2D eigenvalue weighted by atomic mass is 35.5. The highest BCUT2D eigenvalue weighted by Crippen LogP contribution is 2.33. The summed E-state index contributed by atoms with van der Waals surface area (Å²) in [4.78, 5) is 0. The summed E-state index contributed by atoms with van der Waals surface area (Å²) < 4.78 is 12.8. The second kappa shape index (κ2) is 4.47. The third-order valence-corrected chi connectivity index (χ3v) is 3.13. The molecule has 88 valence electrons. The van der Waals surface area contributed by atoms with Crippen molar-refractivity contribution in [1.29, 1.82) is 0 Å². The Hall–Kier alpha value is -1.38. The summed E-state index contributed by atoms with van der Waals surface area (Å²) in [7, 11) is 0. The Balaban J connectivity index is 2.49. The Labute approximate surface area is 104 Å². The van der Waals surface area contributed by atoms with Crippen molar-refractivity contribution in [3.63, 3.8) is 0 Å². The van der Waals surface area contributed by atoms with Crippen LogP contribution in [0.5, 0.6) is 0 Å². The van der Waals surface area contributed by atoms with Crippen LogP contribution in [0.15, 0.2) is 48.5 Å². The van der Waals surface area contributed by atoms with E-state index in [0.717, 1.165) is 0 Å². The Morgan fingerprint density at radius 3 is 2.24 bits per heavy atom. The molecule has 1 N–H and O–H groups in total. The molecular weight excluding hydrogens is 239 g/mol. The van der Waals surface area contributed by atoms with Gasteiger partial charge in [-0.15, -0.1) is 0 Å². The van der Waals surface area contributed by atoms with E-state index in [0.29, 0.717) is 16.1 Å². The van der Waals surface area contributed by atoms with E-state index in [9.17, 15) is 9.50 Å². The van der Waals surface area contributed by atoms with Gasteiger partial charge in [-0.05, 0) is 30.7 Å². The molecule has 1 atom stereocenters. The van der Waals surface area contributed by atoms with Crippen molar-refractivity contribution < 1.29 is 9.50 Å².